The fourth-order valence-electron chi connectivity index (χ4n) is 4.54. The number of carbonyl (C=O) groups excluding carboxylic acids is 1. The van der Waals surface area contributed by atoms with Crippen LogP contribution >= 0.6 is 0 Å². The highest BCUT2D eigenvalue weighted by Crippen LogP contribution is 2.48. The Morgan fingerprint density at radius 2 is 1.58 bits per heavy atom. The largest absolute Gasteiger partial charge is 0.495 e. The molecule has 1 spiro atoms. The third-order valence-electron chi connectivity index (χ3n) is 6.63. The van der Waals surface area contributed by atoms with Gasteiger partial charge >= 0.3 is 0 Å². The maximum atomic E-state index is 13.4. The van der Waals surface area contributed by atoms with Crippen LogP contribution < -0.4 is 18.9 Å². The molecule has 1 saturated heterocycles. The molecule has 0 N–H and O–H groups in total. The Hall–Kier alpha value is -2.78. The molecule has 2 aromatic carbocycles. The average Bonchev–Trinajstić information content (AvgIpc) is 2.79. The van der Waals surface area contributed by atoms with Crippen molar-refractivity contribution in [2.45, 2.75) is 43.6 Å². The highest BCUT2D eigenvalue weighted by Gasteiger charge is 2.46. The first-order valence-electron chi connectivity index (χ1n) is 10.8. The molecule has 0 aliphatic carbocycles. The second-order valence-electron chi connectivity index (χ2n) is 8.55. The molecule has 178 valence electrons. The van der Waals surface area contributed by atoms with Crippen molar-refractivity contribution in [1.82, 2.24) is 4.31 Å². The second kappa shape index (κ2) is 8.53. The van der Waals surface area contributed by atoms with Gasteiger partial charge in [-0.1, -0.05) is 0 Å². The topological polar surface area (TPSA) is 91.4 Å². The minimum absolute atomic E-state index is 0.0515. The van der Waals surface area contributed by atoms with E-state index in [9.17, 15) is 13.2 Å². The van der Waals surface area contributed by atoms with Crippen LogP contribution in [0.2, 0.25) is 0 Å². The lowest BCUT2D eigenvalue weighted by molar-refractivity contribution is 0.00375. The molecule has 1 fully saturated rings. The van der Waals surface area contributed by atoms with E-state index in [-0.39, 0.29) is 30.2 Å². The number of aryl methyl sites for hydroxylation is 2. The van der Waals surface area contributed by atoms with Crippen LogP contribution in [0.4, 0.5) is 0 Å². The van der Waals surface area contributed by atoms with E-state index in [0.29, 0.717) is 41.4 Å². The van der Waals surface area contributed by atoms with Crippen molar-refractivity contribution in [1.29, 1.82) is 0 Å². The van der Waals surface area contributed by atoms with Crippen molar-refractivity contribution in [2.24, 2.45) is 0 Å². The van der Waals surface area contributed by atoms with Crippen LogP contribution in [0.15, 0.2) is 29.2 Å². The highest BCUT2D eigenvalue weighted by molar-refractivity contribution is 7.89. The van der Waals surface area contributed by atoms with Crippen LogP contribution in [-0.2, 0) is 10.0 Å². The molecule has 0 atom stereocenters. The number of ketones is 1. The van der Waals surface area contributed by atoms with Gasteiger partial charge in [0.15, 0.2) is 17.3 Å². The average molecular weight is 476 g/mol. The molecule has 2 aromatic rings. The lowest BCUT2D eigenvalue weighted by Crippen LogP contribution is -2.52. The monoisotopic (exact) mass is 475 g/mol. The van der Waals surface area contributed by atoms with Gasteiger partial charge in [-0.15, -0.1) is 0 Å². The third kappa shape index (κ3) is 3.93. The standard InChI is InChI=1S/C24H29NO7S/c1-15-12-20(30-4)21(13-16(15)2)33(27,28)25-10-8-24(9-11-25)14-18(26)17-6-7-19(29-3)23(31-5)22(17)32-24/h6-7,12-13H,8-11,14H2,1-5H3. The number of benzene rings is 2. The molecule has 0 saturated carbocycles. The van der Waals surface area contributed by atoms with E-state index in [1.807, 2.05) is 13.8 Å². The van der Waals surface area contributed by atoms with Crippen LogP contribution in [0.1, 0.15) is 40.7 Å². The van der Waals surface area contributed by atoms with E-state index in [2.05, 4.69) is 0 Å². The van der Waals surface area contributed by atoms with Gasteiger partial charge in [0.05, 0.1) is 33.3 Å². The molecule has 2 heterocycles. The van der Waals surface area contributed by atoms with Gasteiger partial charge in [0.1, 0.15) is 16.2 Å². The van der Waals surface area contributed by atoms with E-state index in [1.165, 1.54) is 25.6 Å². The summed E-state index contributed by atoms with van der Waals surface area (Å²) in [6.45, 7) is 4.25. The van der Waals surface area contributed by atoms with Crippen molar-refractivity contribution in [3.8, 4) is 23.0 Å². The summed E-state index contributed by atoms with van der Waals surface area (Å²) >= 11 is 0. The Morgan fingerprint density at radius 3 is 2.18 bits per heavy atom. The molecular formula is C24H29NO7S. The summed E-state index contributed by atoms with van der Waals surface area (Å²) in [5, 5.41) is 0. The zero-order valence-electron chi connectivity index (χ0n) is 19.6. The number of fused-ring (bicyclic) bond motifs is 1. The van der Waals surface area contributed by atoms with Crippen LogP contribution in [0.5, 0.6) is 23.0 Å². The molecule has 0 aromatic heterocycles. The molecule has 0 bridgehead atoms. The first-order chi connectivity index (χ1) is 15.7. The molecule has 33 heavy (non-hydrogen) atoms. The molecular weight excluding hydrogens is 446 g/mol. The number of hydrogen-bond acceptors (Lipinski definition) is 7. The van der Waals surface area contributed by atoms with Crippen molar-refractivity contribution < 1.29 is 32.2 Å². The smallest absolute Gasteiger partial charge is 0.246 e. The molecule has 9 heteroatoms. The van der Waals surface area contributed by atoms with E-state index < -0.39 is 15.6 Å². The molecule has 8 nitrogen and oxygen atoms in total. The first-order valence-corrected chi connectivity index (χ1v) is 12.2. The fourth-order valence-corrected chi connectivity index (χ4v) is 6.20. The predicted molar refractivity (Wildman–Crippen MR) is 122 cm³/mol. The van der Waals surface area contributed by atoms with Gasteiger partial charge in [-0.2, -0.15) is 4.31 Å². The van der Waals surface area contributed by atoms with Crippen LogP contribution in [0.25, 0.3) is 0 Å². The zero-order valence-corrected chi connectivity index (χ0v) is 20.4. The van der Waals surface area contributed by atoms with Gasteiger partial charge in [-0.05, 0) is 49.2 Å². The van der Waals surface area contributed by atoms with E-state index in [1.54, 1.807) is 24.3 Å². The summed E-state index contributed by atoms with van der Waals surface area (Å²) in [5.74, 6) is 1.48. The van der Waals surface area contributed by atoms with Gasteiger partial charge in [0.2, 0.25) is 15.8 Å². The number of rotatable bonds is 5. The van der Waals surface area contributed by atoms with Crippen LogP contribution in [-0.4, -0.2) is 58.5 Å². The van der Waals surface area contributed by atoms with Crippen molar-refractivity contribution in [2.75, 3.05) is 34.4 Å². The maximum absolute atomic E-state index is 13.4. The van der Waals surface area contributed by atoms with Crippen molar-refractivity contribution >= 4 is 15.8 Å². The van der Waals surface area contributed by atoms with Gasteiger partial charge in [0, 0.05) is 25.9 Å². The summed E-state index contributed by atoms with van der Waals surface area (Å²) in [4.78, 5) is 13.1. The minimum atomic E-state index is -3.77. The maximum Gasteiger partial charge on any atom is 0.246 e. The quantitative estimate of drug-likeness (QED) is 0.653. The number of Topliss-reactive ketones (excluding diaryl/α,β-unsaturated/α-hetero) is 1. The lowest BCUT2D eigenvalue weighted by Gasteiger charge is -2.43. The summed E-state index contributed by atoms with van der Waals surface area (Å²) in [6, 6.07) is 6.76. The number of piperidine rings is 1. The van der Waals surface area contributed by atoms with Crippen molar-refractivity contribution in [3.05, 3.63) is 41.0 Å². The van der Waals surface area contributed by atoms with Gasteiger partial charge < -0.3 is 18.9 Å². The van der Waals surface area contributed by atoms with Crippen molar-refractivity contribution in [3.63, 3.8) is 0 Å². The SMILES string of the molecule is COc1cc(C)c(C)cc1S(=O)(=O)N1CCC2(CC1)CC(=O)c1ccc(OC)c(OC)c1O2. The molecule has 0 amide bonds. The predicted octanol–water partition coefficient (Wildman–Crippen LogP) is 3.52. The molecule has 2 aliphatic heterocycles. The Labute approximate surface area is 194 Å². The number of nitrogens with zero attached hydrogens (tertiary/aromatic N) is 1. The van der Waals surface area contributed by atoms with E-state index >= 15 is 0 Å². The number of carbonyl (C=O) groups is 1. The van der Waals surface area contributed by atoms with Crippen LogP contribution in [0, 0.1) is 13.8 Å². The molecule has 0 radical (unpaired) electrons. The summed E-state index contributed by atoms with van der Waals surface area (Å²) in [7, 11) is 0.716. The second-order valence-corrected chi connectivity index (χ2v) is 10.5. The summed E-state index contributed by atoms with van der Waals surface area (Å²) in [6.07, 6.45) is 0.951. The van der Waals surface area contributed by atoms with E-state index in [4.69, 9.17) is 18.9 Å². The van der Waals surface area contributed by atoms with E-state index in [0.717, 1.165) is 11.1 Å². The number of sulfonamides is 1. The Balaban J connectivity index is 1.61. The summed E-state index contributed by atoms with van der Waals surface area (Å²) < 4.78 is 50.9. The number of methoxy groups -OCH3 is 3. The Bertz CT molecular complexity index is 1200. The van der Waals surface area contributed by atoms with Gasteiger partial charge in [0.25, 0.3) is 0 Å². The first kappa shape index (κ1) is 23.4. The minimum Gasteiger partial charge on any atom is -0.495 e. The number of hydrogen-bond donors (Lipinski definition) is 0. The third-order valence-corrected chi connectivity index (χ3v) is 8.55. The molecule has 0 unspecified atom stereocenters. The number of ether oxygens (including phenoxy) is 4. The van der Waals surface area contributed by atoms with Gasteiger partial charge in [-0.25, -0.2) is 8.42 Å². The zero-order chi connectivity index (χ0) is 24.0. The Kier molecular flexibility index (Phi) is 6.05. The highest BCUT2D eigenvalue weighted by atomic mass is 32.2. The van der Waals surface area contributed by atoms with Crippen LogP contribution in [0.3, 0.4) is 0 Å². The lowest BCUT2D eigenvalue weighted by atomic mass is 9.83. The normalized spacial score (nSPS) is 17.9. The fraction of sp³-hybridized carbons (Fsp3) is 0.458. The summed E-state index contributed by atoms with van der Waals surface area (Å²) in [5.41, 5.74) is 1.50. The van der Waals surface area contributed by atoms with Gasteiger partial charge in [-0.3, -0.25) is 4.79 Å². The molecule has 4 rings (SSSR count). The Morgan fingerprint density at radius 1 is 0.939 bits per heavy atom. The molecule has 2 aliphatic rings.